The first-order valence-electron chi connectivity index (χ1n) is 5.82. The van der Waals surface area contributed by atoms with Crippen LogP contribution >= 0.6 is 11.3 Å². The van der Waals surface area contributed by atoms with Gasteiger partial charge in [-0.2, -0.15) is 0 Å². The highest BCUT2D eigenvalue weighted by atomic mass is 32.1. The van der Waals surface area contributed by atoms with Crippen molar-refractivity contribution < 1.29 is 5.11 Å². The fraction of sp³-hybridized carbons (Fsp3) is 0.333. The van der Waals surface area contributed by atoms with Gasteiger partial charge >= 0.3 is 0 Å². The average molecular weight is 246 g/mol. The van der Waals surface area contributed by atoms with Crippen LogP contribution in [0.1, 0.15) is 38.1 Å². The average Bonchev–Trinajstić information content (AvgIpc) is 2.61. The zero-order valence-electron chi connectivity index (χ0n) is 10.7. The molecule has 0 saturated heterocycles. The molecule has 90 valence electrons. The Bertz CT molecular complexity index is 540. The van der Waals surface area contributed by atoms with Crippen molar-refractivity contribution in [2.45, 2.75) is 33.8 Å². The van der Waals surface area contributed by atoms with Gasteiger partial charge in [0.15, 0.2) is 0 Å². The minimum Gasteiger partial charge on any atom is -0.384 e. The fourth-order valence-electron chi connectivity index (χ4n) is 2.16. The predicted molar refractivity (Wildman–Crippen MR) is 73.8 cm³/mol. The Morgan fingerprint density at radius 3 is 2.35 bits per heavy atom. The van der Waals surface area contributed by atoms with E-state index in [0.717, 1.165) is 11.1 Å². The quantitative estimate of drug-likeness (QED) is 0.847. The molecule has 0 saturated carbocycles. The molecule has 1 N–H and O–H groups in total. The maximum absolute atomic E-state index is 10.5. The van der Waals surface area contributed by atoms with Gasteiger partial charge in [-0.1, -0.05) is 18.2 Å². The van der Waals surface area contributed by atoms with Crippen molar-refractivity contribution in [3.05, 3.63) is 56.3 Å². The second-order valence-electron chi connectivity index (χ2n) is 4.56. The molecular formula is C15H18OS. The Morgan fingerprint density at radius 2 is 1.76 bits per heavy atom. The normalized spacial score (nSPS) is 12.8. The Morgan fingerprint density at radius 1 is 1.06 bits per heavy atom. The summed E-state index contributed by atoms with van der Waals surface area (Å²) in [6.45, 7) is 8.30. The topological polar surface area (TPSA) is 20.2 Å². The van der Waals surface area contributed by atoms with Crippen LogP contribution in [-0.4, -0.2) is 5.11 Å². The molecule has 0 spiro atoms. The van der Waals surface area contributed by atoms with Gasteiger partial charge in [0, 0.05) is 9.75 Å². The van der Waals surface area contributed by atoms with E-state index in [1.165, 1.54) is 20.9 Å². The smallest absolute Gasteiger partial charge is 0.105 e. The maximum Gasteiger partial charge on any atom is 0.105 e. The maximum atomic E-state index is 10.5. The van der Waals surface area contributed by atoms with Gasteiger partial charge in [0.2, 0.25) is 0 Å². The molecule has 1 aromatic carbocycles. The van der Waals surface area contributed by atoms with Crippen LogP contribution in [0.15, 0.2) is 24.3 Å². The van der Waals surface area contributed by atoms with Crippen molar-refractivity contribution in [2.75, 3.05) is 0 Å². The van der Waals surface area contributed by atoms with Crippen molar-refractivity contribution in [1.82, 2.24) is 0 Å². The van der Waals surface area contributed by atoms with Crippen molar-refractivity contribution >= 4 is 11.3 Å². The summed E-state index contributed by atoms with van der Waals surface area (Å²) >= 11 is 1.74. The standard InChI is InChI=1S/C15H18OS/c1-9-6-5-7-13(11(9)3)15(16)14-8-10(2)17-12(14)4/h5-8,15-16H,1-4H3. The molecule has 0 bridgehead atoms. The molecule has 2 rings (SSSR count). The lowest BCUT2D eigenvalue weighted by molar-refractivity contribution is 0.219. The molecule has 0 aliphatic rings. The molecule has 0 amide bonds. The molecule has 2 aromatic rings. The van der Waals surface area contributed by atoms with E-state index >= 15 is 0 Å². The highest BCUT2D eigenvalue weighted by Crippen LogP contribution is 2.32. The zero-order valence-corrected chi connectivity index (χ0v) is 11.6. The Hall–Kier alpha value is -1.12. The lowest BCUT2D eigenvalue weighted by Crippen LogP contribution is -2.03. The minimum atomic E-state index is -0.500. The van der Waals surface area contributed by atoms with Gasteiger partial charge in [0.25, 0.3) is 0 Å². The van der Waals surface area contributed by atoms with Crippen LogP contribution in [0.2, 0.25) is 0 Å². The zero-order chi connectivity index (χ0) is 12.6. The first-order chi connectivity index (χ1) is 8.00. The molecule has 1 aromatic heterocycles. The largest absolute Gasteiger partial charge is 0.384 e. The number of hydrogen-bond acceptors (Lipinski definition) is 2. The molecule has 1 nitrogen and oxygen atoms in total. The van der Waals surface area contributed by atoms with Crippen molar-refractivity contribution in [3.8, 4) is 0 Å². The van der Waals surface area contributed by atoms with E-state index in [0.29, 0.717) is 0 Å². The van der Waals surface area contributed by atoms with Gasteiger partial charge in [-0.3, -0.25) is 0 Å². The van der Waals surface area contributed by atoms with Crippen LogP contribution < -0.4 is 0 Å². The first-order valence-corrected chi connectivity index (χ1v) is 6.63. The molecule has 0 aliphatic carbocycles. The number of rotatable bonds is 2. The minimum absolute atomic E-state index is 0.500. The summed E-state index contributed by atoms with van der Waals surface area (Å²) in [5.74, 6) is 0. The van der Waals surface area contributed by atoms with Crippen LogP contribution in [0, 0.1) is 27.7 Å². The number of benzene rings is 1. The summed E-state index contributed by atoms with van der Waals surface area (Å²) in [5, 5.41) is 10.5. The highest BCUT2D eigenvalue weighted by molar-refractivity contribution is 7.12. The Balaban J connectivity index is 2.47. The Labute approximate surface area is 107 Å². The number of hydrogen-bond donors (Lipinski definition) is 1. The van der Waals surface area contributed by atoms with E-state index < -0.39 is 6.10 Å². The third-order valence-corrected chi connectivity index (χ3v) is 4.30. The second kappa shape index (κ2) is 4.63. The van der Waals surface area contributed by atoms with Crippen molar-refractivity contribution in [1.29, 1.82) is 0 Å². The van der Waals surface area contributed by atoms with Crippen LogP contribution in [0.5, 0.6) is 0 Å². The molecule has 1 heterocycles. The van der Waals surface area contributed by atoms with E-state index in [1.807, 2.05) is 12.1 Å². The van der Waals surface area contributed by atoms with E-state index in [1.54, 1.807) is 11.3 Å². The molecule has 0 fully saturated rings. The van der Waals surface area contributed by atoms with Gasteiger partial charge in [-0.05, 0) is 56.0 Å². The summed E-state index contributed by atoms with van der Waals surface area (Å²) in [6.07, 6.45) is -0.500. The lowest BCUT2D eigenvalue weighted by Gasteiger charge is -2.15. The molecule has 0 radical (unpaired) electrons. The van der Waals surface area contributed by atoms with Gasteiger partial charge in [-0.15, -0.1) is 11.3 Å². The van der Waals surface area contributed by atoms with Crippen LogP contribution in [0.3, 0.4) is 0 Å². The molecular weight excluding hydrogens is 228 g/mol. The van der Waals surface area contributed by atoms with Gasteiger partial charge in [-0.25, -0.2) is 0 Å². The molecule has 1 unspecified atom stereocenters. The first kappa shape index (κ1) is 12.3. The van der Waals surface area contributed by atoms with Gasteiger partial charge in [0.1, 0.15) is 6.10 Å². The third kappa shape index (κ3) is 2.28. The van der Waals surface area contributed by atoms with Crippen LogP contribution in [-0.2, 0) is 0 Å². The molecule has 2 heteroatoms. The van der Waals surface area contributed by atoms with Crippen LogP contribution in [0.25, 0.3) is 0 Å². The van der Waals surface area contributed by atoms with Crippen LogP contribution in [0.4, 0.5) is 0 Å². The second-order valence-corrected chi connectivity index (χ2v) is 6.02. The van der Waals surface area contributed by atoms with Gasteiger partial charge < -0.3 is 5.11 Å². The van der Waals surface area contributed by atoms with E-state index in [2.05, 4.69) is 39.8 Å². The summed E-state index contributed by atoms with van der Waals surface area (Å²) in [6, 6.07) is 8.19. The number of thiophene rings is 1. The monoisotopic (exact) mass is 246 g/mol. The third-order valence-electron chi connectivity index (χ3n) is 3.32. The summed E-state index contributed by atoms with van der Waals surface area (Å²) < 4.78 is 0. The van der Waals surface area contributed by atoms with E-state index in [-0.39, 0.29) is 0 Å². The van der Waals surface area contributed by atoms with Crippen molar-refractivity contribution in [2.24, 2.45) is 0 Å². The summed E-state index contributed by atoms with van der Waals surface area (Å²) in [4.78, 5) is 2.46. The SMILES string of the molecule is Cc1cc(C(O)c2cccc(C)c2C)c(C)s1. The summed E-state index contributed by atoms with van der Waals surface area (Å²) in [5.41, 5.74) is 4.47. The number of aliphatic hydroxyl groups is 1. The van der Waals surface area contributed by atoms with Crippen molar-refractivity contribution in [3.63, 3.8) is 0 Å². The van der Waals surface area contributed by atoms with Gasteiger partial charge in [0.05, 0.1) is 0 Å². The fourth-order valence-corrected chi connectivity index (χ4v) is 3.12. The molecule has 17 heavy (non-hydrogen) atoms. The summed E-state index contributed by atoms with van der Waals surface area (Å²) in [7, 11) is 0. The van der Waals surface area contributed by atoms with E-state index in [4.69, 9.17) is 0 Å². The predicted octanol–water partition coefficient (Wildman–Crippen LogP) is 4.06. The van der Waals surface area contributed by atoms with E-state index in [9.17, 15) is 5.11 Å². The number of aryl methyl sites for hydroxylation is 3. The lowest BCUT2D eigenvalue weighted by atomic mass is 9.95. The molecule has 1 atom stereocenters. The Kier molecular flexibility index (Phi) is 3.36. The molecule has 0 aliphatic heterocycles. The number of aliphatic hydroxyl groups excluding tert-OH is 1. The highest BCUT2D eigenvalue weighted by Gasteiger charge is 2.17.